The van der Waals surface area contributed by atoms with Crippen molar-refractivity contribution in [3.05, 3.63) is 151 Å². The Morgan fingerprint density at radius 1 is 0.408 bits per heavy atom. The van der Waals surface area contributed by atoms with Crippen LogP contribution in [-0.2, 0) is 0 Å². The standard InChI is InChI=1S/C43H24ClN3O2/c44-34-13-6-11-31-39-33-24-29(21-18-27(33)22-23-37(39)49-40(31)34)42-45-41(28-19-16-26(17-20-28)25-8-2-1-3-9-25)46-43(47-42)32-12-7-15-36-38(32)30-10-4-5-14-35(30)48-36/h1-24H. The third-order valence-corrected chi connectivity index (χ3v) is 9.52. The first-order valence-electron chi connectivity index (χ1n) is 16.0. The minimum absolute atomic E-state index is 0.571. The molecule has 0 aliphatic carbocycles. The molecule has 0 amide bonds. The summed E-state index contributed by atoms with van der Waals surface area (Å²) >= 11 is 6.54. The van der Waals surface area contributed by atoms with Gasteiger partial charge in [-0.25, -0.2) is 15.0 Å². The van der Waals surface area contributed by atoms with Crippen molar-refractivity contribution < 1.29 is 8.83 Å². The molecule has 10 rings (SSSR count). The van der Waals surface area contributed by atoms with Crippen LogP contribution >= 0.6 is 11.6 Å². The quantitative estimate of drug-likeness (QED) is 0.190. The highest BCUT2D eigenvalue weighted by molar-refractivity contribution is 6.36. The van der Waals surface area contributed by atoms with Gasteiger partial charge in [0.15, 0.2) is 23.1 Å². The Labute approximate surface area is 285 Å². The Kier molecular flexibility index (Phi) is 6.16. The number of hydrogen-bond acceptors (Lipinski definition) is 5. The Morgan fingerprint density at radius 3 is 1.92 bits per heavy atom. The van der Waals surface area contributed by atoms with Crippen molar-refractivity contribution in [2.75, 3.05) is 0 Å². The normalized spacial score (nSPS) is 11.8. The van der Waals surface area contributed by atoms with Gasteiger partial charge in [-0.3, -0.25) is 0 Å². The first-order valence-corrected chi connectivity index (χ1v) is 16.4. The smallest absolute Gasteiger partial charge is 0.164 e. The van der Waals surface area contributed by atoms with Crippen molar-refractivity contribution in [1.82, 2.24) is 15.0 Å². The molecule has 3 heterocycles. The van der Waals surface area contributed by atoms with E-state index in [0.717, 1.165) is 76.9 Å². The zero-order valence-corrected chi connectivity index (χ0v) is 26.6. The van der Waals surface area contributed by atoms with E-state index in [2.05, 4.69) is 72.8 Å². The second-order valence-electron chi connectivity index (χ2n) is 12.1. The number of para-hydroxylation sites is 2. The molecule has 0 atom stereocenters. The molecule has 0 fully saturated rings. The van der Waals surface area contributed by atoms with Gasteiger partial charge in [-0.05, 0) is 52.2 Å². The molecule has 0 saturated carbocycles. The summed E-state index contributed by atoms with van der Waals surface area (Å²) in [7, 11) is 0. The van der Waals surface area contributed by atoms with Crippen LogP contribution in [0.15, 0.2) is 154 Å². The van der Waals surface area contributed by atoms with Gasteiger partial charge in [0.25, 0.3) is 0 Å². The average molecular weight is 650 g/mol. The first kappa shape index (κ1) is 27.8. The second-order valence-corrected chi connectivity index (χ2v) is 12.5. The number of hydrogen-bond donors (Lipinski definition) is 0. The zero-order chi connectivity index (χ0) is 32.5. The third-order valence-electron chi connectivity index (χ3n) is 9.22. The lowest BCUT2D eigenvalue weighted by Gasteiger charge is -2.11. The molecule has 0 N–H and O–H groups in total. The Bertz CT molecular complexity index is 2890. The van der Waals surface area contributed by atoms with Crippen LogP contribution < -0.4 is 0 Å². The Balaban J connectivity index is 1.21. The Hall–Kier alpha value is -6.30. The van der Waals surface area contributed by atoms with E-state index >= 15 is 0 Å². The molecule has 0 saturated heterocycles. The summed E-state index contributed by atoms with van der Waals surface area (Å²) in [6, 6.07) is 49.0. The van der Waals surface area contributed by atoms with E-state index in [-0.39, 0.29) is 0 Å². The topological polar surface area (TPSA) is 65.0 Å². The molecular weight excluding hydrogens is 626 g/mol. The molecule has 49 heavy (non-hydrogen) atoms. The molecule has 0 bridgehead atoms. The summed E-state index contributed by atoms with van der Waals surface area (Å²) in [5.74, 6) is 1.73. The lowest BCUT2D eigenvalue weighted by atomic mass is 10.0. The van der Waals surface area contributed by atoms with Crippen molar-refractivity contribution in [2.45, 2.75) is 0 Å². The maximum atomic E-state index is 6.54. The highest BCUT2D eigenvalue weighted by Crippen LogP contribution is 2.40. The van der Waals surface area contributed by atoms with Gasteiger partial charge in [-0.2, -0.15) is 0 Å². The molecule has 0 aliphatic rings. The monoisotopic (exact) mass is 649 g/mol. The van der Waals surface area contributed by atoms with Crippen molar-refractivity contribution in [3.8, 4) is 45.3 Å². The van der Waals surface area contributed by atoms with Crippen LogP contribution in [0, 0.1) is 0 Å². The summed E-state index contributed by atoms with van der Waals surface area (Å²) in [6.45, 7) is 0. The van der Waals surface area contributed by atoms with E-state index < -0.39 is 0 Å². The largest absolute Gasteiger partial charge is 0.456 e. The van der Waals surface area contributed by atoms with E-state index in [1.807, 2.05) is 72.8 Å². The lowest BCUT2D eigenvalue weighted by Crippen LogP contribution is -2.00. The maximum Gasteiger partial charge on any atom is 0.164 e. The number of halogens is 1. The van der Waals surface area contributed by atoms with Crippen LogP contribution in [0.4, 0.5) is 0 Å². The minimum Gasteiger partial charge on any atom is -0.456 e. The lowest BCUT2D eigenvalue weighted by molar-refractivity contribution is 0.668. The minimum atomic E-state index is 0.571. The van der Waals surface area contributed by atoms with E-state index in [1.54, 1.807) is 0 Å². The van der Waals surface area contributed by atoms with Gasteiger partial charge < -0.3 is 8.83 Å². The predicted octanol–water partition coefficient (Wildman–Crippen LogP) is 12.1. The Morgan fingerprint density at radius 2 is 1.04 bits per heavy atom. The molecule has 0 spiro atoms. The van der Waals surface area contributed by atoms with Crippen LogP contribution in [0.3, 0.4) is 0 Å². The third kappa shape index (κ3) is 4.51. The molecule has 7 aromatic carbocycles. The summed E-state index contributed by atoms with van der Waals surface area (Å²) in [6.07, 6.45) is 0. The first-order chi connectivity index (χ1) is 24.2. The van der Waals surface area contributed by atoms with Crippen LogP contribution in [0.25, 0.3) is 99.9 Å². The van der Waals surface area contributed by atoms with Gasteiger partial charge >= 0.3 is 0 Å². The van der Waals surface area contributed by atoms with Crippen LogP contribution in [0.5, 0.6) is 0 Å². The maximum absolute atomic E-state index is 6.54. The van der Waals surface area contributed by atoms with Crippen LogP contribution in [-0.4, -0.2) is 15.0 Å². The number of nitrogens with zero attached hydrogens (tertiary/aromatic N) is 3. The average Bonchev–Trinajstić information content (AvgIpc) is 3.75. The zero-order valence-electron chi connectivity index (χ0n) is 25.9. The SMILES string of the molecule is Clc1cccc2c1oc1ccc3ccc(-c4nc(-c5ccc(-c6ccccc6)cc5)nc(-c5cccc6oc7ccccc7c56)n4)cc3c12. The summed E-state index contributed by atoms with van der Waals surface area (Å²) in [5.41, 5.74) is 7.99. The van der Waals surface area contributed by atoms with E-state index in [4.69, 9.17) is 35.4 Å². The molecule has 230 valence electrons. The molecule has 0 radical (unpaired) electrons. The van der Waals surface area contributed by atoms with Gasteiger partial charge in [0, 0.05) is 38.2 Å². The fraction of sp³-hybridized carbons (Fsp3) is 0. The highest BCUT2D eigenvalue weighted by atomic mass is 35.5. The second kappa shape index (κ2) is 10.9. The number of furan rings is 2. The van der Waals surface area contributed by atoms with E-state index in [1.165, 1.54) is 0 Å². The van der Waals surface area contributed by atoms with Crippen LogP contribution in [0.2, 0.25) is 5.02 Å². The van der Waals surface area contributed by atoms with Gasteiger partial charge in [0.1, 0.15) is 16.7 Å². The van der Waals surface area contributed by atoms with Gasteiger partial charge in [0.05, 0.1) is 5.02 Å². The molecule has 3 aromatic heterocycles. The molecule has 5 nitrogen and oxygen atoms in total. The molecule has 10 aromatic rings. The number of rotatable bonds is 4. The number of aromatic nitrogens is 3. The molecule has 0 unspecified atom stereocenters. The van der Waals surface area contributed by atoms with Crippen molar-refractivity contribution in [3.63, 3.8) is 0 Å². The number of fused-ring (bicyclic) bond motifs is 8. The van der Waals surface area contributed by atoms with Crippen molar-refractivity contribution in [2.24, 2.45) is 0 Å². The number of benzene rings is 7. The van der Waals surface area contributed by atoms with Gasteiger partial charge in [0.2, 0.25) is 0 Å². The van der Waals surface area contributed by atoms with Gasteiger partial charge in [-0.15, -0.1) is 0 Å². The molecule has 6 heteroatoms. The van der Waals surface area contributed by atoms with Gasteiger partial charge in [-0.1, -0.05) is 127 Å². The fourth-order valence-electron chi connectivity index (χ4n) is 6.88. The van der Waals surface area contributed by atoms with Crippen LogP contribution in [0.1, 0.15) is 0 Å². The fourth-order valence-corrected chi connectivity index (χ4v) is 7.09. The highest BCUT2D eigenvalue weighted by Gasteiger charge is 2.19. The molecular formula is C43H24ClN3O2. The summed E-state index contributed by atoms with van der Waals surface area (Å²) in [4.78, 5) is 15.3. The van der Waals surface area contributed by atoms with Crippen molar-refractivity contribution >= 4 is 66.3 Å². The summed E-state index contributed by atoms with van der Waals surface area (Å²) < 4.78 is 12.5. The van der Waals surface area contributed by atoms with E-state index in [0.29, 0.717) is 28.1 Å². The van der Waals surface area contributed by atoms with E-state index in [9.17, 15) is 0 Å². The summed E-state index contributed by atoms with van der Waals surface area (Å²) in [5, 5.41) is 6.68. The van der Waals surface area contributed by atoms with Crippen molar-refractivity contribution in [1.29, 1.82) is 0 Å². The molecule has 0 aliphatic heterocycles. The predicted molar refractivity (Wildman–Crippen MR) is 199 cm³/mol.